The van der Waals surface area contributed by atoms with Crippen molar-refractivity contribution in [3.8, 4) is 11.5 Å². The molecule has 0 radical (unpaired) electrons. The molecule has 0 spiro atoms. The fourth-order valence-corrected chi connectivity index (χ4v) is 3.28. The SMILES string of the molecule is CN(C)CCSc1nnc(CNC(=O)c2ccc3c(c2)OCO3)n1C. The Morgan fingerprint density at radius 2 is 2.12 bits per heavy atom. The molecule has 1 amide bonds. The van der Waals surface area contributed by atoms with Crippen molar-refractivity contribution in [1.29, 1.82) is 0 Å². The summed E-state index contributed by atoms with van der Waals surface area (Å²) in [5.41, 5.74) is 0.520. The Labute approximate surface area is 150 Å². The van der Waals surface area contributed by atoms with Crippen molar-refractivity contribution < 1.29 is 14.3 Å². The van der Waals surface area contributed by atoms with Gasteiger partial charge in [-0.2, -0.15) is 0 Å². The predicted molar refractivity (Wildman–Crippen MR) is 94.0 cm³/mol. The summed E-state index contributed by atoms with van der Waals surface area (Å²) in [5, 5.41) is 12.0. The van der Waals surface area contributed by atoms with E-state index in [1.807, 2.05) is 25.7 Å². The largest absolute Gasteiger partial charge is 0.454 e. The van der Waals surface area contributed by atoms with Crippen molar-refractivity contribution in [2.75, 3.05) is 33.2 Å². The van der Waals surface area contributed by atoms with Gasteiger partial charge in [-0.1, -0.05) is 11.8 Å². The summed E-state index contributed by atoms with van der Waals surface area (Å²) >= 11 is 1.64. The minimum absolute atomic E-state index is 0.188. The molecule has 2 heterocycles. The van der Waals surface area contributed by atoms with Crippen molar-refractivity contribution in [3.05, 3.63) is 29.6 Å². The first-order valence-corrected chi connectivity index (χ1v) is 8.87. The third-order valence-electron chi connectivity index (χ3n) is 3.74. The van der Waals surface area contributed by atoms with Crippen molar-refractivity contribution >= 4 is 17.7 Å². The number of fused-ring (bicyclic) bond motifs is 1. The Morgan fingerprint density at radius 1 is 1.32 bits per heavy atom. The van der Waals surface area contributed by atoms with E-state index in [1.165, 1.54) is 0 Å². The molecular formula is C16H21N5O3S. The zero-order valence-corrected chi connectivity index (χ0v) is 15.3. The van der Waals surface area contributed by atoms with Gasteiger partial charge in [0.25, 0.3) is 5.91 Å². The molecule has 3 rings (SSSR count). The van der Waals surface area contributed by atoms with Gasteiger partial charge in [-0.3, -0.25) is 4.79 Å². The summed E-state index contributed by atoms with van der Waals surface area (Å²) in [6.07, 6.45) is 0. The number of carbonyl (C=O) groups is 1. The van der Waals surface area contributed by atoms with Crippen LogP contribution in [0.3, 0.4) is 0 Å². The number of hydrogen-bond donors (Lipinski definition) is 1. The Kier molecular flexibility index (Phi) is 5.44. The maximum absolute atomic E-state index is 12.3. The normalized spacial score (nSPS) is 12.6. The average molecular weight is 363 g/mol. The van der Waals surface area contributed by atoms with Crippen LogP contribution in [0.4, 0.5) is 0 Å². The summed E-state index contributed by atoms with van der Waals surface area (Å²) in [6.45, 7) is 1.46. The monoisotopic (exact) mass is 363 g/mol. The maximum Gasteiger partial charge on any atom is 0.251 e. The number of thioether (sulfide) groups is 1. The molecule has 1 aliphatic rings. The number of ether oxygens (including phenoxy) is 2. The number of hydrogen-bond acceptors (Lipinski definition) is 7. The van der Waals surface area contributed by atoms with E-state index in [1.54, 1.807) is 30.0 Å². The molecule has 0 saturated carbocycles. The Bertz CT molecular complexity index is 762. The zero-order chi connectivity index (χ0) is 17.8. The number of carbonyl (C=O) groups excluding carboxylic acids is 1. The molecule has 0 bridgehead atoms. The molecule has 1 N–H and O–H groups in total. The maximum atomic E-state index is 12.3. The summed E-state index contributed by atoms with van der Waals surface area (Å²) in [4.78, 5) is 14.4. The van der Waals surface area contributed by atoms with E-state index in [9.17, 15) is 4.79 Å². The first-order chi connectivity index (χ1) is 12.0. The van der Waals surface area contributed by atoms with Gasteiger partial charge in [0.15, 0.2) is 22.5 Å². The highest BCUT2D eigenvalue weighted by Gasteiger charge is 2.17. The van der Waals surface area contributed by atoms with E-state index in [-0.39, 0.29) is 12.7 Å². The van der Waals surface area contributed by atoms with Crippen LogP contribution in [0.1, 0.15) is 16.2 Å². The fourth-order valence-electron chi connectivity index (χ4n) is 2.24. The van der Waals surface area contributed by atoms with Crippen LogP contribution in [-0.2, 0) is 13.6 Å². The summed E-state index contributed by atoms with van der Waals surface area (Å²) < 4.78 is 12.4. The number of nitrogens with zero attached hydrogens (tertiary/aromatic N) is 4. The third kappa shape index (κ3) is 4.23. The molecule has 1 aromatic carbocycles. The van der Waals surface area contributed by atoms with Gasteiger partial charge in [0.1, 0.15) is 0 Å². The molecule has 134 valence electrons. The van der Waals surface area contributed by atoms with Gasteiger partial charge in [0.2, 0.25) is 6.79 Å². The lowest BCUT2D eigenvalue weighted by molar-refractivity contribution is 0.0949. The molecule has 0 unspecified atom stereocenters. The van der Waals surface area contributed by atoms with E-state index in [4.69, 9.17) is 9.47 Å². The Hall–Kier alpha value is -2.26. The first-order valence-electron chi connectivity index (χ1n) is 7.88. The summed E-state index contributed by atoms with van der Waals surface area (Å²) in [5.74, 6) is 2.70. The molecule has 8 nitrogen and oxygen atoms in total. The molecule has 0 fully saturated rings. The smallest absolute Gasteiger partial charge is 0.251 e. The average Bonchev–Trinajstić information content (AvgIpc) is 3.19. The number of aromatic nitrogens is 3. The van der Waals surface area contributed by atoms with Gasteiger partial charge in [0.05, 0.1) is 6.54 Å². The second-order valence-electron chi connectivity index (χ2n) is 5.86. The van der Waals surface area contributed by atoms with E-state index >= 15 is 0 Å². The number of nitrogens with one attached hydrogen (secondary N) is 1. The topological polar surface area (TPSA) is 81.5 Å². The van der Waals surface area contributed by atoms with Crippen molar-refractivity contribution in [1.82, 2.24) is 25.0 Å². The lowest BCUT2D eigenvalue weighted by Crippen LogP contribution is -2.24. The highest BCUT2D eigenvalue weighted by molar-refractivity contribution is 7.99. The Morgan fingerprint density at radius 3 is 2.92 bits per heavy atom. The minimum Gasteiger partial charge on any atom is -0.454 e. The van der Waals surface area contributed by atoms with Crippen LogP contribution >= 0.6 is 11.8 Å². The van der Waals surface area contributed by atoms with Crippen LogP contribution in [0.2, 0.25) is 0 Å². The highest BCUT2D eigenvalue weighted by atomic mass is 32.2. The van der Waals surface area contributed by atoms with Crippen LogP contribution in [-0.4, -0.2) is 58.8 Å². The molecule has 25 heavy (non-hydrogen) atoms. The van der Waals surface area contributed by atoms with Crippen LogP contribution in [0.15, 0.2) is 23.4 Å². The van der Waals surface area contributed by atoms with Gasteiger partial charge < -0.3 is 24.3 Å². The van der Waals surface area contributed by atoms with Gasteiger partial charge >= 0.3 is 0 Å². The summed E-state index contributed by atoms with van der Waals surface area (Å²) in [7, 11) is 5.97. The number of amides is 1. The van der Waals surface area contributed by atoms with Crippen LogP contribution in [0.25, 0.3) is 0 Å². The van der Waals surface area contributed by atoms with Gasteiger partial charge in [-0.15, -0.1) is 10.2 Å². The van der Waals surface area contributed by atoms with Crippen molar-refractivity contribution in [3.63, 3.8) is 0 Å². The van der Waals surface area contributed by atoms with Crippen molar-refractivity contribution in [2.24, 2.45) is 7.05 Å². The lowest BCUT2D eigenvalue weighted by atomic mass is 10.2. The van der Waals surface area contributed by atoms with Crippen LogP contribution in [0.5, 0.6) is 11.5 Å². The summed E-state index contributed by atoms with van der Waals surface area (Å²) in [6, 6.07) is 5.12. The van der Waals surface area contributed by atoms with Gasteiger partial charge in [-0.05, 0) is 32.3 Å². The molecule has 0 atom stereocenters. The number of rotatable bonds is 7. The molecular weight excluding hydrogens is 342 g/mol. The zero-order valence-electron chi connectivity index (χ0n) is 14.5. The molecule has 2 aromatic rings. The van der Waals surface area contributed by atoms with E-state index in [2.05, 4.69) is 20.4 Å². The highest BCUT2D eigenvalue weighted by Crippen LogP contribution is 2.32. The fraction of sp³-hybridized carbons (Fsp3) is 0.438. The first kappa shape index (κ1) is 17.6. The quantitative estimate of drug-likeness (QED) is 0.739. The second kappa shape index (κ2) is 7.75. The molecule has 0 saturated heterocycles. The van der Waals surface area contributed by atoms with E-state index in [0.29, 0.717) is 29.4 Å². The predicted octanol–water partition coefficient (Wildman–Crippen LogP) is 1.13. The van der Waals surface area contributed by atoms with Crippen molar-refractivity contribution in [2.45, 2.75) is 11.7 Å². The van der Waals surface area contributed by atoms with Crippen LogP contribution < -0.4 is 14.8 Å². The molecule has 1 aromatic heterocycles. The van der Waals surface area contributed by atoms with E-state index in [0.717, 1.165) is 17.5 Å². The lowest BCUT2D eigenvalue weighted by Gasteiger charge is -2.09. The minimum atomic E-state index is -0.192. The van der Waals surface area contributed by atoms with E-state index < -0.39 is 0 Å². The van der Waals surface area contributed by atoms with Crippen LogP contribution in [0, 0.1) is 0 Å². The molecule has 9 heteroatoms. The third-order valence-corrected chi connectivity index (χ3v) is 4.74. The van der Waals surface area contributed by atoms with Gasteiger partial charge in [-0.25, -0.2) is 0 Å². The Balaban J connectivity index is 1.56. The molecule has 0 aliphatic carbocycles. The molecule has 1 aliphatic heterocycles. The number of benzene rings is 1. The van der Waals surface area contributed by atoms with Gasteiger partial charge in [0, 0.05) is 24.9 Å². The second-order valence-corrected chi connectivity index (χ2v) is 6.92. The standard InChI is InChI=1S/C16H21N5O3S/c1-20(2)6-7-25-16-19-18-14(21(16)3)9-17-15(22)11-4-5-12-13(8-11)24-10-23-12/h4-5,8H,6-7,9-10H2,1-3H3,(H,17,22).